The highest BCUT2D eigenvalue weighted by Crippen LogP contribution is 2.14. The number of aliphatic carboxylic acids is 1. The molecule has 1 rings (SSSR count). The lowest BCUT2D eigenvalue weighted by Gasteiger charge is -2.25. The third-order valence-corrected chi connectivity index (χ3v) is 3.15. The molecule has 1 unspecified atom stereocenters. The molecule has 2 amide bonds. The molecule has 0 bridgehead atoms. The number of hydrogen-bond acceptors (Lipinski definition) is 3. The molecule has 6 nitrogen and oxygen atoms in total. The predicted molar refractivity (Wildman–Crippen MR) is 63.9 cm³/mol. The Morgan fingerprint density at radius 3 is 2.47 bits per heavy atom. The first kappa shape index (κ1) is 13.8. The molecule has 17 heavy (non-hydrogen) atoms. The lowest BCUT2D eigenvalue weighted by Crippen LogP contribution is -2.42. The van der Waals surface area contributed by atoms with Crippen molar-refractivity contribution >= 4 is 12.0 Å². The van der Waals surface area contributed by atoms with Crippen molar-refractivity contribution in [3.8, 4) is 0 Å². The summed E-state index contributed by atoms with van der Waals surface area (Å²) in [5.41, 5.74) is 0. The summed E-state index contributed by atoms with van der Waals surface area (Å²) in [6.07, 6.45) is 0.971. The molecule has 0 spiro atoms. The summed E-state index contributed by atoms with van der Waals surface area (Å²) in [7, 11) is 5.66. The van der Waals surface area contributed by atoms with Crippen LogP contribution >= 0.6 is 0 Å². The maximum atomic E-state index is 12.0. The zero-order valence-electron chi connectivity index (χ0n) is 10.7. The van der Waals surface area contributed by atoms with E-state index in [1.807, 2.05) is 14.1 Å². The summed E-state index contributed by atoms with van der Waals surface area (Å²) in [5, 5.41) is 8.57. The van der Waals surface area contributed by atoms with Gasteiger partial charge in [0.05, 0.1) is 6.42 Å². The number of carbonyl (C=O) groups is 2. The Labute approximate surface area is 102 Å². The predicted octanol–water partition coefficient (Wildman–Crippen LogP) is 0.149. The fraction of sp³-hybridized carbons (Fsp3) is 0.818. The minimum atomic E-state index is -0.878. The summed E-state index contributed by atoms with van der Waals surface area (Å²) in [5.74, 6) is -0.878. The number of hydrogen-bond donors (Lipinski definition) is 1. The molecule has 1 N–H and O–H groups in total. The number of carboxylic acids is 1. The van der Waals surface area contributed by atoms with Crippen molar-refractivity contribution in [3.63, 3.8) is 0 Å². The first-order valence-corrected chi connectivity index (χ1v) is 5.80. The highest BCUT2D eigenvalue weighted by molar-refractivity contribution is 5.75. The fourth-order valence-electron chi connectivity index (χ4n) is 1.94. The fourth-order valence-corrected chi connectivity index (χ4v) is 1.94. The zero-order valence-corrected chi connectivity index (χ0v) is 10.7. The van der Waals surface area contributed by atoms with Crippen molar-refractivity contribution in [2.24, 2.45) is 0 Å². The second-order valence-corrected chi connectivity index (χ2v) is 4.70. The van der Waals surface area contributed by atoms with Gasteiger partial charge in [0.2, 0.25) is 0 Å². The number of carboxylic acid groups (broad SMARTS) is 1. The topological polar surface area (TPSA) is 64.1 Å². The number of likely N-dealkylation sites (tertiary alicyclic amines) is 1. The van der Waals surface area contributed by atoms with Crippen molar-refractivity contribution in [1.29, 1.82) is 0 Å². The van der Waals surface area contributed by atoms with E-state index in [9.17, 15) is 9.59 Å². The molecule has 0 aromatic carbocycles. The molecule has 1 aliphatic heterocycles. The number of likely N-dealkylation sites (N-methyl/N-ethyl adjacent to an activating group) is 1. The minimum Gasteiger partial charge on any atom is -0.481 e. The lowest BCUT2D eigenvalue weighted by molar-refractivity contribution is -0.137. The van der Waals surface area contributed by atoms with Crippen LogP contribution in [0.4, 0.5) is 4.79 Å². The van der Waals surface area contributed by atoms with Crippen LogP contribution in [0.1, 0.15) is 12.8 Å². The van der Waals surface area contributed by atoms with Crippen LogP contribution in [0.25, 0.3) is 0 Å². The monoisotopic (exact) mass is 243 g/mol. The van der Waals surface area contributed by atoms with Gasteiger partial charge in [0.15, 0.2) is 0 Å². The largest absolute Gasteiger partial charge is 0.481 e. The van der Waals surface area contributed by atoms with Crippen molar-refractivity contribution in [2.45, 2.75) is 18.9 Å². The molecule has 6 heteroatoms. The molecule has 0 aliphatic carbocycles. The van der Waals surface area contributed by atoms with Gasteiger partial charge in [0, 0.05) is 32.7 Å². The molecule has 1 atom stereocenters. The third-order valence-electron chi connectivity index (χ3n) is 3.15. The quantitative estimate of drug-likeness (QED) is 0.763. The first-order valence-electron chi connectivity index (χ1n) is 5.80. The second-order valence-electron chi connectivity index (χ2n) is 4.70. The van der Waals surface area contributed by atoms with Gasteiger partial charge in [-0.15, -0.1) is 0 Å². The third kappa shape index (κ3) is 3.89. The molecule has 0 radical (unpaired) electrons. The van der Waals surface area contributed by atoms with E-state index >= 15 is 0 Å². The van der Waals surface area contributed by atoms with E-state index in [0.717, 1.165) is 19.5 Å². The number of carbonyl (C=O) groups excluding carboxylic acids is 1. The van der Waals surface area contributed by atoms with Crippen LogP contribution in [0.5, 0.6) is 0 Å². The molecule has 1 heterocycles. The molecule has 1 fully saturated rings. The molecule has 0 aromatic heterocycles. The summed E-state index contributed by atoms with van der Waals surface area (Å²) in [6.45, 7) is 1.74. The minimum absolute atomic E-state index is 0.00676. The van der Waals surface area contributed by atoms with Gasteiger partial charge in [-0.2, -0.15) is 0 Å². The van der Waals surface area contributed by atoms with E-state index in [0.29, 0.717) is 6.04 Å². The van der Waals surface area contributed by atoms with Crippen LogP contribution in [0.15, 0.2) is 0 Å². The van der Waals surface area contributed by atoms with E-state index in [2.05, 4.69) is 4.90 Å². The van der Waals surface area contributed by atoms with Crippen LogP contribution in [0.3, 0.4) is 0 Å². The summed E-state index contributed by atoms with van der Waals surface area (Å²) >= 11 is 0. The van der Waals surface area contributed by atoms with Gasteiger partial charge in [-0.3, -0.25) is 4.79 Å². The SMILES string of the molecule is CN(CCC(=O)O)C(=O)N1CCC(N(C)C)C1. The molecule has 1 saturated heterocycles. The van der Waals surface area contributed by atoms with E-state index in [1.165, 1.54) is 4.90 Å². The molecular formula is C11H21N3O3. The summed E-state index contributed by atoms with van der Waals surface area (Å²) in [4.78, 5) is 27.8. The molecule has 0 aromatic rings. The van der Waals surface area contributed by atoms with Crippen LogP contribution < -0.4 is 0 Å². The molecular weight excluding hydrogens is 222 g/mol. The Hall–Kier alpha value is -1.30. The number of nitrogens with zero attached hydrogens (tertiary/aromatic N) is 3. The van der Waals surface area contributed by atoms with Gasteiger partial charge in [0.25, 0.3) is 0 Å². The van der Waals surface area contributed by atoms with Crippen molar-refractivity contribution in [3.05, 3.63) is 0 Å². The number of urea groups is 1. The van der Waals surface area contributed by atoms with Crippen LogP contribution in [0, 0.1) is 0 Å². The second kappa shape index (κ2) is 5.86. The average Bonchev–Trinajstić information content (AvgIpc) is 2.73. The maximum Gasteiger partial charge on any atom is 0.319 e. The lowest BCUT2D eigenvalue weighted by atomic mass is 10.2. The van der Waals surface area contributed by atoms with E-state index in [4.69, 9.17) is 5.11 Å². The summed E-state index contributed by atoms with van der Waals surface area (Å²) < 4.78 is 0. The van der Waals surface area contributed by atoms with Gasteiger partial charge in [0.1, 0.15) is 0 Å². The van der Waals surface area contributed by atoms with E-state index in [1.54, 1.807) is 11.9 Å². The Bertz CT molecular complexity index is 294. The van der Waals surface area contributed by atoms with Gasteiger partial charge >= 0.3 is 12.0 Å². The van der Waals surface area contributed by atoms with Crippen molar-refractivity contribution in [2.75, 3.05) is 40.8 Å². The van der Waals surface area contributed by atoms with Gasteiger partial charge < -0.3 is 19.8 Å². The smallest absolute Gasteiger partial charge is 0.319 e. The highest BCUT2D eigenvalue weighted by atomic mass is 16.4. The van der Waals surface area contributed by atoms with Crippen LogP contribution in [-0.2, 0) is 4.79 Å². The van der Waals surface area contributed by atoms with Crippen molar-refractivity contribution in [1.82, 2.24) is 14.7 Å². The number of rotatable bonds is 4. The molecule has 0 saturated carbocycles. The summed E-state index contributed by atoms with van der Waals surface area (Å²) in [6, 6.07) is 0.336. The number of amides is 2. The molecule has 1 aliphatic rings. The van der Waals surface area contributed by atoms with Crippen LogP contribution in [-0.4, -0.2) is 78.6 Å². The Balaban J connectivity index is 2.40. The van der Waals surface area contributed by atoms with Gasteiger partial charge in [-0.25, -0.2) is 4.79 Å². The van der Waals surface area contributed by atoms with Gasteiger partial charge in [-0.1, -0.05) is 0 Å². The first-order chi connectivity index (χ1) is 7.91. The van der Waals surface area contributed by atoms with Crippen LogP contribution in [0.2, 0.25) is 0 Å². The highest BCUT2D eigenvalue weighted by Gasteiger charge is 2.29. The maximum absolute atomic E-state index is 12.0. The average molecular weight is 243 g/mol. The van der Waals surface area contributed by atoms with Gasteiger partial charge in [-0.05, 0) is 20.5 Å². The Morgan fingerprint density at radius 2 is 2.00 bits per heavy atom. The van der Waals surface area contributed by atoms with E-state index in [-0.39, 0.29) is 19.0 Å². The zero-order chi connectivity index (χ0) is 13.0. The van der Waals surface area contributed by atoms with Crippen molar-refractivity contribution < 1.29 is 14.7 Å². The normalized spacial score (nSPS) is 19.8. The Morgan fingerprint density at radius 1 is 1.35 bits per heavy atom. The standard InChI is InChI=1S/C11H21N3O3/c1-12(2)9-4-7-14(8-9)11(17)13(3)6-5-10(15)16/h9H,4-8H2,1-3H3,(H,15,16). The van der Waals surface area contributed by atoms with E-state index < -0.39 is 5.97 Å². The Kier molecular flexibility index (Phi) is 4.74. The molecule has 98 valence electrons.